The molecule has 2 N–H and O–H groups in total. The molecular weight excluding hydrogens is 309 g/mol. The molecule has 0 fully saturated rings. The van der Waals surface area contributed by atoms with E-state index in [0.717, 1.165) is 6.07 Å². The van der Waals surface area contributed by atoms with Gasteiger partial charge in [0.05, 0.1) is 35.1 Å². The van der Waals surface area contributed by atoms with Gasteiger partial charge in [-0.2, -0.15) is 0 Å². The molecule has 0 aliphatic carbocycles. The third-order valence-corrected chi connectivity index (χ3v) is 3.84. The SMILES string of the molecule is COC(=O)c1csc(NC(=O)c2cc(F)cc3[nH]cnc23)c1. The maximum Gasteiger partial charge on any atom is 0.338 e. The van der Waals surface area contributed by atoms with Crippen LogP contribution in [0.2, 0.25) is 0 Å². The van der Waals surface area contributed by atoms with E-state index >= 15 is 0 Å². The van der Waals surface area contributed by atoms with Crippen molar-refractivity contribution in [1.82, 2.24) is 9.97 Å². The monoisotopic (exact) mass is 319 g/mol. The third kappa shape index (κ3) is 2.56. The van der Waals surface area contributed by atoms with Gasteiger partial charge in [-0.1, -0.05) is 0 Å². The average Bonchev–Trinajstić information content (AvgIpc) is 3.14. The second-order valence-electron chi connectivity index (χ2n) is 4.40. The van der Waals surface area contributed by atoms with E-state index in [0.29, 0.717) is 21.6 Å². The van der Waals surface area contributed by atoms with Gasteiger partial charge in [-0.3, -0.25) is 4.79 Å². The van der Waals surface area contributed by atoms with Gasteiger partial charge < -0.3 is 15.0 Å². The minimum atomic E-state index is -0.539. The molecule has 1 aromatic carbocycles. The van der Waals surface area contributed by atoms with Crippen molar-refractivity contribution in [3.63, 3.8) is 0 Å². The molecule has 6 nitrogen and oxygen atoms in total. The molecule has 3 aromatic rings. The van der Waals surface area contributed by atoms with Crippen LogP contribution < -0.4 is 5.32 Å². The highest BCUT2D eigenvalue weighted by atomic mass is 32.1. The largest absolute Gasteiger partial charge is 0.465 e. The summed E-state index contributed by atoms with van der Waals surface area (Å²) in [6.45, 7) is 0. The van der Waals surface area contributed by atoms with Gasteiger partial charge in [0.25, 0.3) is 5.91 Å². The highest BCUT2D eigenvalue weighted by molar-refractivity contribution is 7.14. The number of esters is 1. The Balaban J connectivity index is 1.89. The van der Waals surface area contributed by atoms with Crippen molar-refractivity contribution in [2.24, 2.45) is 0 Å². The second kappa shape index (κ2) is 5.57. The molecule has 2 heterocycles. The lowest BCUT2D eigenvalue weighted by Crippen LogP contribution is -2.12. The number of amides is 1. The number of H-pyrrole nitrogens is 1. The highest BCUT2D eigenvalue weighted by Crippen LogP contribution is 2.23. The van der Waals surface area contributed by atoms with Gasteiger partial charge in [0.2, 0.25) is 0 Å². The van der Waals surface area contributed by atoms with Crippen LogP contribution in [-0.4, -0.2) is 29.0 Å². The number of aromatic amines is 1. The first-order valence-electron chi connectivity index (χ1n) is 6.19. The van der Waals surface area contributed by atoms with E-state index in [1.165, 1.54) is 36.9 Å². The zero-order valence-corrected chi connectivity index (χ0v) is 12.2. The van der Waals surface area contributed by atoms with Gasteiger partial charge in [-0.25, -0.2) is 14.2 Å². The number of aromatic nitrogens is 2. The number of hydrogen-bond acceptors (Lipinski definition) is 5. The van der Waals surface area contributed by atoms with Crippen LogP contribution in [0, 0.1) is 5.82 Å². The lowest BCUT2D eigenvalue weighted by molar-refractivity contribution is 0.0601. The van der Waals surface area contributed by atoms with Gasteiger partial charge in [0, 0.05) is 5.38 Å². The number of carbonyl (C=O) groups is 2. The van der Waals surface area contributed by atoms with Crippen molar-refractivity contribution in [1.29, 1.82) is 0 Å². The molecular formula is C14H10FN3O3S. The third-order valence-electron chi connectivity index (χ3n) is 2.99. The molecule has 0 bridgehead atoms. The fourth-order valence-corrected chi connectivity index (χ4v) is 2.76. The molecule has 0 aliphatic rings. The van der Waals surface area contributed by atoms with Crippen LogP contribution in [-0.2, 0) is 4.74 Å². The van der Waals surface area contributed by atoms with Gasteiger partial charge in [-0.05, 0) is 18.2 Å². The number of carbonyl (C=O) groups excluding carboxylic acids is 2. The smallest absolute Gasteiger partial charge is 0.338 e. The molecule has 0 atom stereocenters. The van der Waals surface area contributed by atoms with Gasteiger partial charge in [0.15, 0.2) is 0 Å². The van der Waals surface area contributed by atoms with E-state index in [2.05, 4.69) is 20.0 Å². The summed E-state index contributed by atoms with van der Waals surface area (Å²) in [6, 6.07) is 3.88. The van der Waals surface area contributed by atoms with E-state index in [1.807, 2.05) is 0 Å². The van der Waals surface area contributed by atoms with Gasteiger partial charge >= 0.3 is 5.97 Å². The molecule has 0 saturated heterocycles. The number of imidazole rings is 1. The number of nitrogens with zero attached hydrogens (tertiary/aromatic N) is 1. The first-order valence-corrected chi connectivity index (χ1v) is 7.07. The summed E-state index contributed by atoms with van der Waals surface area (Å²) in [5, 5.41) is 4.64. The number of hydrogen-bond donors (Lipinski definition) is 2. The quantitative estimate of drug-likeness (QED) is 0.727. The molecule has 3 rings (SSSR count). The summed E-state index contributed by atoms with van der Waals surface area (Å²) in [6.07, 6.45) is 1.39. The number of fused-ring (bicyclic) bond motifs is 1. The van der Waals surface area contributed by atoms with Crippen molar-refractivity contribution in [3.8, 4) is 0 Å². The van der Waals surface area contributed by atoms with Gasteiger partial charge in [-0.15, -0.1) is 11.3 Å². The standard InChI is InChI=1S/C14H10FN3O3S/c1-21-14(20)7-2-11(22-5-7)18-13(19)9-3-8(15)4-10-12(9)17-6-16-10/h2-6H,1H3,(H,16,17)(H,18,19). The number of benzene rings is 1. The molecule has 2 aromatic heterocycles. The predicted molar refractivity (Wildman–Crippen MR) is 79.7 cm³/mol. The summed E-state index contributed by atoms with van der Waals surface area (Å²) in [4.78, 5) is 30.4. The summed E-state index contributed by atoms with van der Waals surface area (Å²) >= 11 is 1.17. The Kier molecular flexibility index (Phi) is 3.60. The molecule has 0 aliphatic heterocycles. The van der Waals surface area contributed by atoms with E-state index in [9.17, 15) is 14.0 Å². The van der Waals surface area contributed by atoms with Crippen molar-refractivity contribution in [3.05, 3.63) is 46.9 Å². The van der Waals surface area contributed by atoms with Crippen LogP contribution >= 0.6 is 11.3 Å². The Morgan fingerprint density at radius 1 is 1.36 bits per heavy atom. The molecule has 1 amide bonds. The Morgan fingerprint density at radius 3 is 2.95 bits per heavy atom. The first-order chi connectivity index (χ1) is 10.6. The molecule has 22 heavy (non-hydrogen) atoms. The Labute approximate surface area is 127 Å². The fourth-order valence-electron chi connectivity index (χ4n) is 1.99. The Morgan fingerprint density at radius 2 is 2.18 bits per heavy atom. The van der Waals surface area contributed by atoms with Crippen molar-refractivity contribution >= 4 is 39.2 Å². The second-order valence-corrected chi connectivity index (χ2v) is 5.31. The molecule has 0 saturated carbocycles. The van der Waals surface area contributed by atoms with Crippen LogP contribution in [0.1, 0.15) is 20.7 Å². The molecule has 8 heteroatoms. The van der Waals surface area contributed by atoms with E-state index in [-0.39, 0.29) is 5.56 Å². The summed E-state index contributed by atoms with van der Waals surface area (Å²) in [5.41, 5.74) is 1.27. The maximum absolute atomic E-state index is 13.5. The first kappa shape index (κ1) is 14.2. The number of nitrogens with one attached hydrogen (secondary N) is 2. The number of thiophene rings is 1. The van der Waals surface area contributed by atoms with Crippen LogP contribution in [0.3, 0.4) is 0 Å². The van der Waals surface area contributed by atoms with Crippen molar-refractivity contribution in [2.75, 3.05) is 12.4 Å². The number of rotatable bonds is 3. The van der Waals surface area contributed by atoms with Gasteiger partial charge in [0.1, 0.15) is 11.3 Å². The maximum atomic E-state index is 13.5. The van der Waals surface area contributed by atoms with E-state index in [1.54, 1.807) is 5.38 Å². The Bertz CT molecular complexity index is 871. The van der Waals surface area contributed by atoms with Crippen molar-refractivity contribution in [2.45, 2.75) is 0 Å². The van der Waals surface area contributed by atoms with Crippen LogP contribution in [0.5, 0.6) is 0 Å². The molecule has 112 valence electrons. The normalized spacial score (nSPS) is 10.6. The highest BCUT2D eigenvalue weighted by Gasteiger charge is 2.16. The topological polar surface area (TPSA) is 84.1 Å². The zero-order valence-electron chi connectivity index (χ0n) is 11.3. The molecule has 0 spiro atoms. The zero-order chi connectivity index (χ0) is 15.7. The van der Waals surface area contributed by atoms with E-state index < -0.39 is 17.7 Å². The number of anilines is 1. The number of methoxy groups -OCH3 is 1. The summed E-state index contributed by atoms with van der Waals surface area (Å²) in [5.74, 6) is -1.53. The minimum absolute atomic E-state index is 0.115. The number of ether oxygens (including phenoxy) is 1. The van der Waals surface area contributed by atoms with E-state index in [4.69, 9.17) is 0 Å². The van der Waals surface area contributed by atoms with Crippen molar-refractivity contribution < 1.29 is 18.7 Å². The average molecular weight is 319 g/mol. The fraction of sp³-hybridized carbons (Fsp3) is 0.0714. The number of halogens is 1. The molecule has 0 radical (unpaired) electrons. The minimum Gasteiger partial charge on any atom is -0.465 e. The van der Waals surface area contributed by atoms with Crippen LogP contribution in [0.15, 0.2) is 29.9 Å². The Hall–Kier alpha value is -2.74. The van der Waals surface area contributed by atoms with Crippen LogP contribution in [0.4, 0.5) is 9.39 Å². The molecule has 0 unspecified atom stereocenters. The van der Waals surface area contributed by atoms with Crippen LogP contribution in [0.25, 0.3) is 11.0 Å². The summed E-state index contributed by atoms with van der Waals surface area (Å²) in [7, 11) is 1.28. The lowest BCUT2D eigenvalue weighted by Gasteiger charge is -2.03. The summed E-state index contributed by atoms with van der Waals surface area (Å²) < 4.78 is 18.1. The predicted octanol–water partition coefficient (Wildman–Crippen LogP) is 2.80. The lowest BCUT2D eigenvalue weighted by atomic mass is 10.1.